The van der Waals surface area contributed by atoms with Gasteiger partial charge in [0.05, 0.1) is 27.6 Å². The van der Waals surface area contributed by atoms with Crippen molar-refractivity contribution in [3.8, 4) is 0 Å². The highest BCUT2D eigenvalue weighted by Gasteiger charge is 2.26. The monoisotopic (exact) mass is 808 g/mol. The Labute approximate surface area is 328 Å². The van der Waals surface area contributed by atoms with E-state index < -0.39 is 36.7 Å². The van der Waals surface area contributed by atoms with Crippen molar-refractivity contribution in [3.05, 3.63) is 83.4 Å². The van der Waals surface area contributed by atoms with Crippen molar-refractivity contribution in [2.24, 2.45) is 0 Å². The van der Waals surface area contributed by atoms with E-state index in [1.165, 1.54) is 56.0 Å². The van der Waals surface area contributed by atoms with E-state index in [0.717, 1.165) is 30.4 Å². The summed E-state index contributed by atoms with van der Waals surface area (Å²) in [5, 5.41) is 5.74. The van der Waals surface area contributed by atoms with Crippen molar-refractivity contribution in [2.45, 2.75) is 108 Å². The smallest absolute Gasteiger partial charge is 0.412 e. The number of unbranched alkanes of at least 4 members (excludes halogenated alkanes) is 7. The predicted octanol–water partition coefficient (Wildman–Crippen LogP) is 11.1. The standard InChI is InChI=1S/C42H49ClN2O8S2/c1-7-8-9-10-11-12-13-14-21-52-40(46)30-22-31(44-41(47)53-42(4,5)6)26-32(23-30)45-55(50,51)36-25-29-24-35(54(43,48)49)33-19-15-17-27(2)37(33)39(29)38-28(3)18-16-20-34(36)38/h15-20,22-26,45H,7-14,21H2,1-6H3,(H,44,47). The van der Waals surface area contributed by atoms with Crippen molar-refractivity contribution in [3.63, 3.8) is 0 Å². The third-order valence-corrected chi connectivity index (χ3v) is 12.1. The Morgan fingerprint density at radius 3 is 1.84 bits per heavy atom. The molecule has 0 aliphatic heterocycles. The molecule has 13 heteroatoms. The molecule has 1 amide bonds. The van der Waals surface area contributed by atoms with Crippen LogP contribution in [-0.4, -0.2) is 41.1 Å². The lowest BCUT2D eigenvalue weighted by molar-refractivity contribution is 0.0496. The van der Waals surface area contributed by atoms with E-state index in [1.807, 2.05) is 26.0 Å². The summed E-state index contributed by atoms with van der Waals surface area (Å²) in [5.41, 5.74) is 0.847. The molecule has 0 unspecified atom stereocenters. The number of carbonyl (C=O) groups is 2. The van der Waals surface area contributed by atoms with E-state index in [0.29, 0.717) is 38.7 Å². The molecule has 5 rings (SSSR count). The van der Waals surface area contributed by atoms with Gasteiger partial charge < -0.3 is 9.47 Å². The van der Waals surface area contributed by atoms with Crippen LogP contribution in [0.5, 0.6) is 0 Å². The van der Waals surface area contributed by atoms with Crippen molar-refractivity contribution in [1.82, 2.24) is 0 Å². The van der Waals surface area contributed by atoms with Gasteiger partial charge in [-0.15, -0.1) is 0 Å². The summed E-state index contributed by atoms with van der Waals surface area (Å²) in [7, 11) is -2.73. The first-order valence-corrected chi connectivity index (χ1v) is 22.4. The highest BCUT2D eigenvalue weighted by atomic mass is 35.7. The Morgan fingerprint density at radius 1 is 0.709 bits per heavy atom. The number of halogens is 1. The second-order valence-electron chi connectivity index (χ2n) is 14.9. The maximum absolute atomic E-state index is 14.5. The molecule has 0 aliphatic carbocycles. The zero-order valence-electron chi connectivity index (χ0n) is 32.2. The molecule has 0 spiro atoms. The number of rotatable bonds is 15. The first-order chi connectivity index (χ1) is 25.9. The molecule has 5 aromatic rings. The van der Waals surface area contributed by atoms with Gasteiger partial charge in [0.25, 0.3) is 19.1 Å². The minimum atomic E-state index is -4.44. The molecule has 0 atom stereocenters. The number of fused-ring (bicyclic) bond motifs is 5. The van der Waals surface area contributed by atoms with Crippen LogP contribution in [-0.2, 0) is 28.5 Å². The lowest BCUT2D eigenvalue weighted by Crippen LogP contribution is -2.27. The molecule has 0 aromatic heterocycles. The average molecular weight is 809 g/mol. The summed E-state index contributed by atoms with van der Waals surface area (Å²) in [5.74, 6) is -0.680. The number of hydrogen-bond donors (Lipinski definition) is 2. The minimum Gasteiger partial charge on any atom is -0.462 e. The van der Waals surface area contributed by atoms with Crippen LogP contribution in [0.15, 0.2) is 76.5 Å². The van der Waals surface area contributed by atoms with Crippen LogP contribution in [0.1, 0.15) is 101 Å². The molecule has 0 saturated heterocycles. The van der Waals surface area contributed by atoms with Crippen LogP contribution in [0.25, 0.3) is 32.3 Å². The molecule has 0 saturated carbocycles. The molecule has 55 heavy (non-hydrogen) atoms. The number of aryl methyl sites for hydroxylation is 2. The third-order valence-electron chi connectivity index (χ3n) is 9.29. The fraction of sp³-hybridized carbons (Fsp3) is 0.381. The highest BCUT2D eigenvalue weighted by Crippen LogP contribution is 2.42. The molecular weight excluding hydrogens is 760 g/mol. The minimum absolute atomic E-state index is 0.0175. The summed E-state index contributed by atoms with van der Waals surface area (Å²) < 4.78 is 68.2. The SMILES string of the molecule is CCCCCCCCCCOC(=O)c1cc(NC(=O)OC(C)(C)C)cc(NS(=O)(=O)c2cc3cc(S(=O)(=O)Cl)c4cccc(C)c4c3c3c(C)cccc23)c1. The van der Waals surface area contributed by atoms with E-state index in [9.17, 15) is 26.4 Å². The molecule has 294 valence electrons. The summed E-state index contributed by atoms with van der Waals surface area (Å²) in [6.45, 7) is 11.2. The van der Waals surface area contributed by atoms with Gasteiger partial charge in [-0.1, -0.05) is 88.3 Å². The van der Waals surface area contributed by atoms with Crippen LogP contribution >= 0.6 is 10.7 Å². The van der Waals surface area contributed by atoms with Crippen molar-refractivity contribution < 1.29 is 35.9 Å². The van der Waals surface area contributed by atoms with Gasteiger partial charge in [-0.25, -0.2) is 26.4 Å². The average Bonchev–Trinajstić information content (AvgIpc) is 3.08. The van der Waals surface area contributed by atoms with Crippen molar-refractivity contribution in [1.29, 1.82) is 0 Å². The highest BCUT2D eigenvalue weighted by molar-refractivity contribution is 8.14. The van der Waals surface area contributed by atoms with Crippen molar-refractivity contribution >= 4 is 85.5 Å². The molecule has 0 aliphatic rings. The topological polar surface area (TPSA) is 145 Å². The maximum atomic E-state index is 14.5. The van der Waals surface area contributed by atoms with Crippen molar-refractivity contribution in [2.75, 3.05) is 16.6 Å². The van der Waals surface area contributed by atoms with Gasteiger partial charge in [0.1, 0.15) is 5.60 Å². The largest absolute Gasteiger partial charge is 0.462 e. The molecule has 0 heterocycles. The Bertz CT molecular complexity index is 2480. The zero-order valence-corrected chi connectivity index (χ0v) is 34.6. The Kier molecular flexibility index (Phi) is 13.0. The number of sulfonamides is 1. The molecule has 0 fully saturated rings. The Hall–Kier alpha value is -4.39. The molecule has 2 N–H and O–H groups in total. The van der Waals surface area contributed by atoms with Crippen LogP contribution in [0.4, 0.5) is 16.2 Å². The number of ether oxygens (including phenoxy) is 2. The fourth-order valence-electron chi connectivity index (χ4n) is 6.86. The molecular formula is C42H49ClN2O8S2. The predicted molar refractivity (Wildman–Crippen MR) is 221 cm³/mol. The van der Waals surface area contributed by atoms with E-state index >= 15 is 0 Å². The van der Waals surface area contributed by atoms with Crippen LogP contribution in [0.3, 0.4) is 0 Å². The van der Waals surface area contributed by atoms with E-state index in [4.69, 9.17) is 20.2 Å². The second kappa shape index (κ2) is 17.2. The normalized spacial score (nSPS) is 12.3. The first kappa shape index (κ1) is 41.8. The van der Waals surface area contributed by atoms with Gasteiger partial charge in [-0.3, -0.25) is 10.0 Å². The summed E-state index contributed by atoms with van der Waals surface area (Å²) >= 11 is 0. The number of benzene rings is 5. The Morgan fingerprint density at radius 2 is 1.25 bits per heavy atom. The number of anilines is 2. The number of esters is 1. The number of carbonyl (C=O) groups excluding carboxylic acids is 2. The Balaban J connectivity index is 1.54. The van der Waals surface area contributed by atoms with E-state index in [-0.39, 0.29) is 33.3 Å². The van der Waals surface area contributed by atoms with Gasteiger partial charge in [0.2, 0.25) is 0 Å². The number of hydrogen-bond acceptors (Lipinski definition) is 8. The second-order valence-corrected chi connectivity index (χ2v) is 19.1. The quantitative estimate of drug-likeness (QED) is 0.0460. The van der Waals surface area contributed by atoms with Crippen LogP contribution in [0, 0.1) is 13.8 Å². The van der Waals surface area contributed by atoms with Crippen LogP contribution < -0.4 is 10.0 Å². The van der Waals surface area contributed by atoms with Gasteiger partial charge in [0.15, 0.2) is 0 Å². The lowest BCUT2D eigenvalue weighted by atomic mass is 9.92. The number of amides is 1. The van der Waals surface area contributed by atoms with Gasteiger partial charge in [-0.2, -0.15) is 0 Å². The third kappa shape index (κ3) is 10.3. The zero-order chi connectivity index (χ0) is 40.1. The first-order valence-electron chi connectivity index (χ1n) is 18.6. The van der Waals surface area contributed by atoms with Gasteiger partial charge >= 0.3 is 12.1 Å². The van der Waals surface area contributed by atoms with Crippen LogP contribution in [0.2, 0.25) is 0 Å². The van der Waals surface area contributed by atoms with E-state index in [1.54, 1.807) is 45.0 Å². The van der Waals surface area contributed by atoms with Gasteiger partial charge in [-0.05, 0) is 104 Å². The summed E-state index contributed by atoms with van der Waals surface area (Å²) in [4.78, 5) is 25.8. The fourth-order valence-corrected chi connectivity index (χ4v) is 9.23. The van der Waals surface area contributed by atoms with E-state index in [2.05, 4.69) is 17.0 Å². The van der Waals surface area contributed by atoms with Gasteiger partial charge in [0, 0.05) is 27.1 Å². The summed E-state index contributed by atoms with van der Waals surface area (Å²) in [6.07, 6.45) is 7.81. The number of nitrogens with one attached hydrogen (secondary N) is 2. The molecule has 5 aromatic carbocycles. The lowest BCUT2D eigenvalue weighted by Gasteiger charge is -2.20. The maximum Gasteiger partial charge on any atom is 0.412 e. The molecule has 0 bridgehead atoms. The molecule has 0 radical (unpaired) electrons. The molecule has 10 nitrogen and oxygen atoms in total. The summed E-state index contributed by atoms with van der Waals surface area (Å²) in [6, 6.07) is 17.5.